The molecule has 1 atom stereocenters. The van der Waals surface area contributed by atoms with Crippen LogP contribution in [0.4, 0.5) is 0 Å². The molecule has 1 aliphatic rings. The molecule has 2 rings (SSSR count). The Bertz CT molecular complexity index is 397. The SMILES string of the molecule is CCC(c1ccccc1O)N1CCN(C(C)C)CC1. The van der Waals surface area contributed by atoms with Crippen LogP contribution < -0.4 is 0 Å². The summed E-state index contributed by atoms with van der Waals surface area (Å²) in [4.78, 5) is 5.03. The van der Waals surface area contributed by atoms with Gasteiger partial charge in [-0.15, -0.1) is 0 Å². The monoisotopic (exact) mass is 262 g/mol. The molecular formula is C16H26N2O. The van der Waals surface area contributed by atoms with Crippen molar-refractivity contribution in [2.24, 2.45) is 0 Å². The molecule has 1 aliphatic heterocycles. The number of phenols is 1. The highest BCUT2D eigenvalue weighted by Gasteiger charge is 2.26. The van der Waals surface area contributed by atoms with Crippen molar-refractivity contribution in [3.05, 3.63) is 29.8 Å². The molecule has 0 spiro atoms. The smallest absolute Gasteiger partial charge is 0.120 e. The molecule has 1 N–H and O–H groups in total. The Balaban J connectivity index is 2.06. The van der Waals surface area contributed by atoms with E-state index in [0.717, 1.165) is 38.2 Å². The fourth-order valence-corrected chi connectivity index (χ4v) is 3.01. The molecule has 1 aromatic carbocycles. The first kappa shape index (κ1) is 14.4. The van der Waals surface area contributed by atoms with Gasteiger partial charge in [-0.25, -0.2) is 0 Å². The van der Waals surface area contributed by atoms with Crippen molar-refractivity contribution in [3.63, 3.8) is 0 Å². The van der Waals surface area contributed by atoms with Crippen molar-refractivity contribution in [1.29, 1.82) is 0 Å². The van der Waals surface area contributed by atoms with Gasteiger partial charge >= 0.3 is 0 Å². The van der Waals surface area contributed by atoms with Crippen LogP contribution in [0, 0.1) is 0 Å². The van der Waals surface area contributed by atoms with Crippen molar-refractivity contribution in [2.45, 2.75) is 39.3 Å². The zero-order chi connectivity index (χ0) is 13.8. The summed E-state index contributed by atoms with van der Waals surface area (Å²) in [5.41, 5.74) is 1.07. The van der Waals surface area contributed by atoms with E-state index in [-0.39, 0.29) is 0 Å². The van der Waals surface area contributed by atoms with Crippen LogP contribution in [0.2, 0.25) is 0 Å². The maximum absolute atomic E-state index is 10.0. The Hall–Kier alpha value is -1.06. The largest absolute Gasteiger partial charge is 0.508 e. The highest BCUT2D eigenvalue weighted by atomic mass is 16.3. The standard InChI is InChI=1S/C16H26N2O/c1-4-15(14-7-5-6-8-16(14)19)18-11-9-17(10-12-18)13(2)3/h5-8,13,15,19H,4,9-12H2,1-3H3. The van der Waals surface area contributed by atoms with Crippen LogP contribution in [-0.2, 0) is 0 Å². The minimum atomic E-state index is 0.343. The van der Waals surface area contributed by atoms with Crippen molar-refractivity contribution in [2.75, 3.05) is 26.2 Å². The van der Waals surface area contributed by atoms with Crippen molar-refractivity contribution in [3.8, 4) is 5.75 Å². The maximum Gasteiger partial charge on any atom is 0.120 e. The van der Waals surface area contributed by atoms with E-state index in [4.69, 9.17) is 0 Å². The Labute approximate surface area is 116 Å². The first-order chi connectivity index (χ1) is 9.13. The molecular weight excluding hydrogens is 236 g/mol. The fourth-order valence-electron chi connectivity index (χ4n) is 3.01. The van der Waals surface area contributed by atoms with Crippen LogP contribution in [-0.4, -0.2) is 47.1 Å². The summed E-state index contributed by atoms with van der Waals surface area (Å²) in [6.07, 6.45) is 1.04. The van der Waals surface area contributed by atoms with E-state index in [9.17, 15) is 5.11 Å². The van der Waals surface area contributed by atoms with Gasteiger partial charge in [0.05, 0.1) is 0 Å². The summed E-state index contributed by atoms with van der Waals surface area (Å²) >= 11 is 0. The third-order valence-corrected chi connectivity index (χ3v) is 4.20. The lowest BCUT2D eigenvalue weighted by Crippen LogP contribution is -2.49. The van der Waals surface area contributed by atoms with Crippen LogP contribution >= 0.6 is 0 Å². The molecule has 1 unspecified atom stereocenters. The fraction of sp³-hybridized carbons (Fsp3) is 0.625. The minimum Gasteiger partial charge on any atom is -0.508 e. The summed E-state index contributed by atoms with van der Waals surface area (Å²) in [6.45, 7) is 11.2. The van der Waals surface area contributed by atoms with Crippen molar-refractivity contribution >= 4 is 0 Å². The molecule has 1 fully saturated rings. The second-order valence-electron chi connectivity index (χ2n) is 5.65. The number of hydrogen-bond donors (Lipinski definition) is 1. The highest BCUT2D eigenvalue weighted by molar-refractivity contribution is 5.34. The molecule has 0 aromatic heterocycles. The van der Waals surface area contributed by atoms with E-state index in [1.165, 1.54) is 0 Å². The van der Waals surface area contributed by atoms with Crippen molar-refractivity contribution < 1.29 is 5.11 Å². The Morgan fingerprint density at radius 2 is 1.63 bits per heavy atom. The number of piperazine rings is 1. The van der Waals surface area contributed by atoms with Gasteiger partial charge in [0.1, 0.15) is 5.75 Å². The topological polar surface area (TPSA) is 26.7 Å². The average Bonchev–Trinajstić information content (AvgIpc) is 2.42. The number of para-hydroxylation sites is 1. The van der Waals surface area contributed by atoms with E-state index in [0.29, 0.717) is 17.8 Å². The summed E-state index contributed by atoms with van der Waals surface area (Å²) in [5, 5.41) is 10.0. The van der Waals surface area contributed by atoms with Gasteiger partial charge in [-0.2, -0.15) is 0 Å². The second kappa shape index (κ2) is 6.40. The molecule has 1 heterocycles. The van der Waals surface area contributed by atoms with Gasteiger partial charge < -0.3 is 5.11 Å². The Morgan fingerprint density at radius 1 is 1.05 bits per heavy atom. The first-order valence-corrected chi connectivity index (χ1v) is 7.39. The number of aromatic hydroxyl groups is 1. The minimum absolute atomic E-state index is 0.343. The number of benzene rings is 1. The van der Waals surface area contributed by atoms with Crippen LogP contribution in [0.1, 0.15) is 38.8 Å². The predicted molar refractivity (Wildman–Crippen MR) is 79.4 cm³/mol. The van der Waals surface area contributed by atoms with Crippen molar-refractivity contribution in [1.82, 2.24) is 9.80 Å². The van der Waals surface area contributed by atoms with Crippen LogP contribution in [0.15, 0.2) is 24.3 Å². The lowest BCUT2D eigenvalue weighted by molar-refractivity contribution is 0.0755. The highest BCUT2D eigenvalue weighted by Crippen LogP contribution is 2.31. The van der Waals surface area contributed by atoms with Gasteiger partial charge in [-0.3, -0.25) is 9.80 Å². The summed E-state index contributed by atoms with van der Waals surface area (Å²) in [6, 6.07) is 8.73. The lowest BCUT2D eigenvalue weighted by atomic mass is 10.0. The third-order valence-electron chi connectivity index (χ3n) is 4.20. The van der Waals surface area contributed by atoms with E-state index >= 15 is 0 Å². The van der Waals surface area contributed by atoms with Gasteiger partial charge in [0.25, 0.3) is 0 Å². The van der Waals surface area contributed by atoms with Gasteiger partial charge in [-0.05, 0) is 26.3 Å². The average molecular weight is 262 g/mol. The summed E-state index contributed by atoms with van der Waals surface area (Å²) in [7, 11) is 0. The molecule has 0 saturated carbocycles. The van der Waals surface area contributed by atoms with E-state index in [1.54, 1.807) is 6.07 Å². The molecule has 0 aliphatic carbocycles. The van der Waals surface area contributed by atoms with Gasteiger partial charge in [0.15, 0.2) is 0 Å². The molecule has 0 bridgehead atoms. The van der Waals surface area contributed by atoms with Gasteiger partial charge in [-0.1, -0.05) is 25.1 Å². The molecule has 106 valence electrons. The van der Waals surface area contributed by atoms with Crippen LogP contribution in [0.25, 0.3) is 0 Å². The molecule has 0 radical (unpaired) electrons. The molecule has 0 amide bonds. The van der Waals surface area contributed by atoms with Crippen LogP contribution in [0.3, 0.4) is 0 Å². The lowest BCUT2D eigenvalue weighted by Gasteiger charge is -2.40. The van der Waals surface area contributed by atoms with E-state index in [1.807, 2.05) is 12.1 Å². The predicted octanol–water partition coefficient (Wildman–Crippen LogP) is 2.87. The Kier molecular flexibility index (Phi) is 4.83. The number of phenolic OH excluding ortho intramolecular Hbond substituents is 1. The van der Waals surface area contributed by atoms with E-state index in [2.05, 4.69) is 36.6 Å². The molecule has 3 nitrogen and oxygen atoms in total. The number of rotatable bonds is 4. The summed E-state index contributed by atoms with van der Waals surface area (Å²) < 4.78 is 0. The number of hydrogen-bond acceptors (Lipinski definition) is 3. The Morgan fingerprint density at radius 3 is 2.16 bits per heavy atom. The van der Waals surface area contributed by atoms with Gasteiger partial charge in [0.2, 0.25) is 0 Å². The van der Waals surface area contributed by atoms with E-state index < -0.39 is 0 Å². The maximum atomic E-state index is 10.0. The first-order valence-electron chi connectivity index (χ1n) is 7.39. The molecule has 1 saturated heterocycles. The molecule has 3 heteroatoms. The van der Waals surface area contributed by atoms with Gasteiger partial charge in [0, 0.05) is 43.8 Å². The number of nitrogens with zero attached hydrogens (tertiary/aromatic N) is 2. The normalized spacial score (nSPS) is 19.8. The molecule has 1 aromatic rings. The molecule has 19 heavy (non-hydrogen) atoms. The zero-order valence-corrected chi connectivity index (χ0v) is 12.3. The van der Waals surface area contributed by atoms with Crippen LogP contribution in [0.5, 0.6) is 5.75 Å². The second-order valence-corrected chi connectivity index (χ2v) is 5.65. The summed E-state index contributed by atoms with van der Waals surface area (Å²) in [5.74, 6) is 0.431. The third kappa shape index (κ3) is 3.28. The quantitative estimate of drug-likeness (QED) is 0.904. The zero-order valence-electron chi connectivity index (χ0n) is 12.3.